The van der Waals surface area contributed by atoms with E-state index in [0.717, 1.165) is 56.1 Å². The van der Waals surface area contributed by atoms with Crippen molar-refractivity contribution in [2.45, 2.75) is 105 Å². The summed E-state index contributed by atoms with van der Waals surface area (Å²) in [6, 6.07) is -1.19. The number of rotatable bonds is 2. The van der Waals surface area contributed by atoms with Gasteiger partial charge in [-0.1, -0.05) is 52.3 Å². The predicted molar refractivity (Wildman–Crippen MR) is 161 cm³/mol. The first-order valence-corrected chi connectivity index (χ1v) is 15.9. The van der Waals surface area contributed by atoms with Crippen LogP contribution in [-0.2, 0) is 14.3 Å². The highest BCUT2D eigenvalue weighted by molar-refractivity contribution is 6.06. The number of ether oxygens (including phenoxy) is 1. The van der Waals surface area contributed by atoms with Gasteiger partial charge >= 0.3 is 12.0 Å². The maximum atomic E-state index is 12.8. The Morgan fingerprint density at radius 2 is 1.76 bits per heavy atom. The van der Waals surface area contributed by atoms with Gasteiger partial charge in [-0.3, -0.25) is 4.79 Å². The molecule has 0 radical (unpaired) electrons. The van der Waals surface area contributed by atoms with Crippen molar-refractivity contribution in [3.8, 4) is 0 Å². The average molecular weight is 577 g/mol. The van der Waals surface area contributed by atoms with E-state index in [-0.39, 0.29) is 51.1 Å². The summed E-state index contributed by atoms with van der Waals surface area (Å²) in [5.74, 6) is 0.383. The van der Waals surface area contributed by atoms with Crippen molar-refractivity contribution < 1.29 is 24.2 Å². The van der Waals surface area contributed by atoms with Crippen LogP contribution in [0.5, 0.6) is 0 Å². The van der Waals surface area contributed by atoms with E-state index in [1.165, 1.54) is 12.7 Å². The number of hydrogen-bond acceptors (Lipinski definition) is 5. The fourth-order valence-electron chi connectivity index (χ4n) is 11.2. The van der Waals surface area contributed by atoms with Crippen LogP contribution in [0.3, 0.4) is 0 Å². The number of amides is 2. The molecule has 1 saturated heterocycles. The van der Waals surface area contributed by atoms with Gasteiger partial charge in [-0.25, -0.2) is 9.59 Å². The van der Waals surface area contributed by atoms with Crippen LogP contribution in [0.25, 0.3) is 0 Å². The molecular weight excluding hydrogens is 528 g/mol. The molecule has 2 amide bonds. The van der Waals surface area contributed by atoms with Crippen LogP contribution >= 0.6 is 0 Å². The Morgan fingerprint density at radius 1 is 1.05 bits per heavy atom. The van der Waals surface area contributed by atoms with Crippen molar-refractivity contribution in [1.29, 1.82) is 0 Å². The summed E-state index contributed by atoms with van der Waals surface area (Å²) >= 11 is 0. The van der Waals surface area contributed by atoms with E-state index in [1.807, 2.05) is 6.92 Å². The number of methoxy groups -OCH3 is 1. The summed E-state index contributed by atoms with van der Waals surface area (Å²) in [6.45, 7) is 13.9. The molecule has 3 unspecified atom stereocenters. The van der Waals surface area contributed by atoms with E-state index in [2.05, 4.69) is 46.8 Å². The molecule has 42 heavy (non-hydrogen) atoms. The number of nitrogens with zero attached hydrogens (tertiary/aromatic N) is 1. The minimum atomic E-state index is -0.603. The number of urea groups is 1. The van der Waals surface area contributed by atoms with Crippen LogP contribution in [0.2, 0.25) is 0 Å². The zero-order valence-electron chi connectivity index (χ0n) is 26.4. The van der Waals surface area contributed by atoms with Crippen LogP contribution in [-0.4, -0.2) is 47.0 Å². The van der Waals surface area contributed by atoms with Gasteiger partial charge in [0.1, 0.15) is 6.04 Å². The standard InChI is InChI=1S/C35H48N2O5/c1-19-16-23(24-9-10-25(30(40)42-7)37(24)31(36)41)33(4)13-14-34(5)27-11-8-21-20(2)29(39)26(38)18-22(21)32(27,3)12-15-35(34,6)28(33)17-19/h8,11,18-19,23-25,28,39H,9-10,12-17H2,1-7H3,(H2,36,41)/t19-,23?,24?,25?,28+,32-,33-,34+,35-/m0/s1. The lowest BCUT2D eigenvalue weighted by Crippen LogP contribution is -2.65. The lowest BCUT2D eigenvalue weighted by atomic mass is 9.33. The molecule has 228 valence electrons. The average Bonchev–Trinajstić information content (AvgIpc) is 3.39. The number of primary amides is 1. The number of likely N-dealkylation sites (tertiary alicyclic amines) is 1. The Morgan fingerprint density at radius 3 is 2.43 bits per heavy atom. The van der Waals surface area contributed by atoms with Crippen LogP contribution in [0.4, 0.5) is 4.79 Å². The number of allylic oxidation sites excluding steroid dienone is 7. The monoisotopic (exact) mass is 576 g/mol. The van der Waals surface area contributed by atoms with Crippen molar-refractivity contribution in [2.24, 2.45) is 45.1 Å². The van der Waals surface area contributed by atoms with E-state index in [1.54, 1.807) is 11.0 Å². The third-order valence-corrected chi connectivity index (χ3v) is 13.7. The van der Waals surface area contributed by atoms with Crippen molar-refractivity contribution in [1.82, 2.24) is 4.90 Å². The lowest BCUT2D eigenvalue weighted by molar-refractivity contribution is -0.179. The molecule has 6 rings (SSSR count). The first-order valence-electron chi connectivity index (χ1n) is 15.9. The molecule has 0 aromatic heterocycles. The highest BCUT2D eigenvalue weighted by Crippen LogP contribution is 2.76. The minimum Gasteiger partial charge on any atom is -0.504 e. The Balaban J connectivity index is 1.41. The summed E-state index contributed by atoms with van der Waals surface area (Å²) in [6.07, 6.45) is 13.7. The minimum absolute atomic E-state index is 0.000693. The number of aliphatic hydroxyl groups is 1. The zero-order valence-corrected chi connectivity index (χ0v) is 26.4. The quantitative estimate of drug-likeness (QED) is 0.362. The fourth-order valence-corrected chi connectivity index (χ4v) is 11.2. The van der Waals surface area contributed by atoms with Crippen LogP contribution in [0, 0.1) is 39.4 Å². The van der Waals surface area contributed by atoms with Gasteiger partial charge in [-0.2, -0.15) is 0 Å². The summed E-state index contributed by atoms with van der Waals surface area (Å²) < 4.78 is 5.08. The van der Waals surface area contributed by atoms with Gasteiger partial charge in [0, 0.05) is 17.0 Å². The normalized spacial score (nSPS) is 44.6. The lowest BCUT2D eigenvalue weighted by Gasteiger charge is -2.71. The van der Waals surface area contributed by atoms with Crippen molar-refractivity contribution in [3.05, 3.63) is 46.3 Å². The van der Waals surface area contributed by atoms with Gasteiger partial charge in [0.15, 0.2) is 5.76 Å². The number of fused-ring (bicyclic) bond motifs is 7. The molecule has 6 aliphatic rings. The smallest absolute Gasteiger partial charge is 0.328 e. The Kier molecular flexibility index (Phi) is 6.50. The maximum absolute atomic E-state index is 12.8. The predicted octanol–water partition coefficient (Wildman–Crippen LogP) is 6.55. The van der Waals surface area contributed by atoms with Gasteiger partial charge in [0.25, 0.3) is 0 Å². The Labute approximate surface area is 250 Å². The molecule has 0 bridgehead atoms. The van der Waals surface area contributed by atoms with E-state index in [0.29, 0.717) is 23.8 Å². The zero-order chi connectivity index (χ0) is 30.6. The summed E-state index contributed by atoms with van der Waals surface area (Å²) in [7, 11) is 1.38. The van der Waals surface area contributed by atoms with Gasteiger partial charge in [-0.15, -0.1) is 0 Å². The van der Waals surface area contributed by atoms with Crippen molar-refractivity contribution in [3.63, 3.8) is 0 Å². The second-order valence-corrected chi connectivity index (χ2v) is 15.3. The Bertz CT molecular complexity index is 1390. The van der Waals surface area contributed by atoms with E-state index in [4.69, 9.17) is 10.5 Å². The molecule has 7 nitrogen and oxygen atoms in total. The maximum Gasteiger partial charge on any atom is 0.328 e. The number of esters is 1. The molecule has 3 N–H and O–H groups in total. The van der Waals surface area contributed by atoms with Crippen LogP contribution < -0.4 is 5.73 Å². The second-order valence-electron chi connectivity index (χ2n) is 15.3. The van der Waals surface area contributed by atoms with Gasteiger partial charge < -0.3 is 20.5 Å². The highest BCUT2D eigenvalue weighted by atomic mass is 16.5. The van der Waals surface area contributed by atoms with Crippen molar-refractivity contribution in [2.75, 3.05) is 7.11 Å². The first kappa shape index (κ1) is 29.3. The number of nitrogens with two attached hydrogens (primary N) is 1. The highest BCUT2D eigenvalue weighted by Gasteiger charge is 2.68. The number of ketones is 1. The third kappa shape index (κ3) is 3.60. The summed E-state index contributed by atoms with van der Waals surface area (Å²) in [5.41, 5.74) is 9.80. The molecule has 0 aromatic rings. The van der Waals surface area contributed by atoms with Crippen LogP contribution in [0.1, 0.15) is 92.9 Å². The van der Waals surface area contributed by atoms with E-state index >= 15 is 0 Å². The van der Waals surface area contributed by atoms with Gasteiger partial charge in [-0.05, 0) is 110 Å². The number of aliphatic hydroxyl groups excluding tert-OH is 1. The van der Waals surface area contributed by atoms with Crippen molar-refractivity contribution >= 4 is 17.8 Å². The largest absolute Gasteiger partial charge is 0.504 e. The molecule has 5 aliphatic carbocycles. The topological polar surface area (TPSA) is 110 Å². The van der Waals surface area contributed by atoms with E-state index < -0.39 is 12.1 Å². The second kappa shape index (κ2) is 9.33. The number of hydrogen-bond donors (Lipinski definition) is 2. The summed E-state index contributed by atoms with van der Waals surface area (Å²) in [4.78, 5) is 39.9. The Hall–Kier alpha value is -2.83. The molecule has 1 heterocycles. The molecule has 9 atom stereocenters. The molecule has 4 fully saturated rings. The fraction of sp³-hybridized carbons (Fsp3) is 0.686. The molecule has 7 heteroatoms. The van der Waals surface area contributed by atoms with Gasteiger partial charge in [0.05, 0.1) is 7.11 Å². The molecule has 0 aromatic carbocycles. The molecule has 1 aliphatic heterocycles. The number of carbonyl (C=O) groups is 3. The molecule has 3 saturated carbocycles. The third-order valence-electron chi connectivity index (χ3n) is 13.7. The molecular formula is C35H48N2O5. The summed E-state index contributed by atoms with van der Waals surface area (Å²) in [5, 5.41) is 10.4. The van der Waals surface area contributed by atoms with Gasteiger partial charge in [0.2, 0.25) is 5.78 Å². The SMILES string of the molecule is COC(=O)C1CCC(C2C[C@H](C)C[C@@H]3[C@@]2(C)CC[C@]2(C)C4=CC=C5C(=CC(=O)C(O)=C5C)[C@]4(C)CC[C@@]32C)N1C(N)=O. The van der Waals surface area contributed by atoms with Crippen LogP contribution in [0.15, 0.2) is 46.3 Å². The van der Waals surface area contributed by atoms with E-state index in [9.17, 15) is 19.5 Å². The molecule has 0 spiro atoms. The number of carbonyl (C=O) groups excluding carboxylic acids is 3. The first-order chi connectivity index (χ1) is 19.6.